The molecule has 0 heterocycles. The number of hydrogen-bond acceptors (Lipinski definition) is 2. The van der Waals surface area contributed by atoms with E-state index in [9.17, 15) is 0 Å². The summed E-state index contributed by atoms with van der Waals surface area (Å²) in [5.74, 6) is 0. The van der Waals surface area contributed by atoms with E-state index in [1.165, 1.54) is 6.42 Å². The van der Waals surface area contributed by atoms with Gasteiger partial charge in [0.25, 0.3) is 0 Å². The van der Waals surface area contributed by atoms with Gasteiger partial charge in [-0.3, -0.25) is 0 Å². The van der Waals surface area contributed by atoms with E-state index in [0.29, 0.717) is 6.04 Å². The third-order valence-electron chi connectivity index (χ3n) is 1.48. The first-order valence-electron chi connectivity index (χ1n) is 3.86. The minimum absolute atomic E-state index is 0.609. The van der Waals surface area contributed by atoms with Gasteiger partial charge in [0.05, 0.1) is 0 Å². The molecule has 2 nitrogen and oxygen atoms in total. The van der Waals surface area contributed by atoms with Crippen LogP contribution in [0.4, 0.5) is 0 Å². The highest BCUT2D eigenvalue weighted by Crippen LogP contribution is 1.84. The maximum Gasteiger partial charge on any atom is 0.0458 e. The summed E-state index contributed by atoms with van der Waals surface area (Å²) in [5.41, 5.74) is 0. The van der Waals surface area contributed by atoms with Gasteiger partial charge >= 0.3 is 0 Å². The minimum Gasteiger partial charge on any atom is -0.302 e. The Balaban J connectivity index is 2.95. The molecule has 0 saturated heterocycles. The molecular formula is C8H18N2. The first-order valence-corrected chi connectivity index (χ1v) is 3.86. The summed E-state index contributed by atoms with van der Waals surface area (Å²) >= 11 is 0. The van der Waals surface area contributed by atoms with Crippen LogP contribution in [-0.2, 0) is 0 Å². The molecule has 0 rings (SSSR count). The summed E-state index contributed by atoms with van der Waals surface area (Å²) in [4.78, 5) is 0. The standard InChI is InChI=1S/C8H18N2/c1-4-6-9-7-10-8(3)5-2/h4,8-10H,1,5-7H2,2-3H3. The average Bonchev–Trinajstić information content (AvgIpc) is 1.98. The van der Waals surface area contributed by atoms with Crippen molar-refractivity contribution in [3.05, 3.63) is 12.7 Å². The van der Waals surface area contributed by atoms with Crippen molar-refractivity contribution in [1.29, 1.82) is 0 Å². The predicted octanol–water partition coefficient (Wildman–Crippen LogP) is 1.11. The maximum absolute atomic E-state index is 3.61. The number of nitrogens with one attached hydrogen (secondary N) is 2. The molecule has 2 heteroatoms. The first-order chi connectivity index (χ1) is 4.81. The highest BCUT2D eigenvalue weighted by atomic mass is 15.1. The van der Waals surface area contributed by atoms with E-state index in [1.54, 1.807) is 0 Å². The highest BCUT2D eigenvalue weighted by Gasteiger charge is 1.93. The van der Waals surface area contributed by atoms with Gasteiger partial charge in [-0.1, -0.05) is 13.0 Å². The second kappa shape index (κ2) is 6.78. The zero-order valence-corrected chi connectivity index (χ0v) is 6.98. The van der Waals surface area contributed by atoms with Gasteiger partial charge in [0.2, 0.25) is 0 Å². The molecule has 1 atom stereocenters. The van der Waals surface area contributed by atoms with E-state index >= 15 is 0 Å². The molecule has 0 spiro atoms. The van der Waals surface area contributed by atoms with Crippen LogP contribution in [0.5, 0.6) is 0 Å². The molecule has 0 aromatic heterocycles. The van der Waals surface area contributed by atoms with Gasteiger partial charge in [0, 0.05) is 19.3 Å². The van der Waals surface area contributed by atoms with Gasteiger partial charge in [0.1, 0.15) is 0 Å². The van der Waals surface area contributed by atoms with Crippen molar-refractivity contribution in [2.24, 2.45) is 0 Å². The molecule has 2 N–H and O–H groups in total. The van der Waals surface area contributed by atoms with Crippen molar-refractivity contribution in [1.82, 2.24) is 10.6 Å². The fourth-order valence-electron chi connectivity index (χ4n) is 0.565. The van der Waals surface area contributed by atoms with E-state index in [-0.39, 0.29) is 0 Å². The average molecular weight is 142 g/mol. The van der Waals surface area contributed by atoms with Crippen molar-refractivity contribution >= 4 is 0 Å². The lowest BCUT2D eigenvalue weighted by atomic mass is 10.3. The zero-order valence-electron chi connectivity index (χ0n) is 6.98. The Hall–Kier alpha value is -0.340. The van der Waals surface area contributed by atoms with Crippen LogP contribution in [0.1, 0.15) is 20.3 Å². The summed E-state index contributed by atoms with van der Waals surface area (Å²) in [5, 5.41) is 6.48. The van der Waals surface area contributed by atoms with Crippen LogP contribution in [0.2, 0.25) is 0 Å². The van der Waals surface area contributed by atoms with Crippen molar-refractivity contribution in [2.75, 3.05) is 13.2 Å². The van der Waals surface area contributed by atoms with Crippen LogP contribution in [0.25, 0.3) is 0 Å². The summed E-state index contributed by atoms with van der Waals surface area (Å²) in [7, 11) is 0. The molecule has 0 radical (unpaired) electrons. The second-order valence-corrected chi connectivity index (χ2v) is 2.43. The van der Waals surface area contributed by atoms with Gasteiger partial charge in [0.15, 0.2) is 0 Å². The summed E-state index contributed by atoms with van der Waals surface area (Å²) in [6, 6.07) is 0.609. The van der Waals surface area contributed by atoms with E-state index < -0.39 is 0 Å². The molecule has 0 saturated carbocycles. The van der Waals surface area contributed by atoms with Crippen LogP contribution in [0.15, 0.2) is 12.7 Å². The number of hydrogen-bond donors (Lipinski definition) is 2. The lowest BCUT2D eigenvalue weighted by Gasteiger charge is -2.10. The molecule has 0 fully saturated rings. The van der Waals surface area contributed by atoms with Gasteiger partial charge in [-0.05, 0) is 13.3 Å². The van der Waals surface area contributed by atoms with E-state index in [4.69, 9.17) is 0 Å². The van der Waals surface area contributed by atoms with Crippen LogP contribution in [0.3, 0.4) is 0 Å². The van der Waals surface area contributed by atoms with Gasteiger partial charge in [-0.15, -0.1) is 6.58 Å². The van der Waals surface area contributed by atoms with Crippen LogP contribution in [-0.4, -0.2) is 19.3 Å². The molecule has 0 amide bonds. The summed E-state index contributed by atoms with van der Waals surface area (Å²) in [6.45, 7) is 9.71. The van der Waals surface area contributed by atoms with E-state index in [0.717, 1.165) is 13.2 Å². The van der Waals surface area contributed by atoms with Crippen molar-refractivity contribution < 1.29 is 0 Å². The van der Waals surface area contributed by atoms with Gasteiger partial charge < -0.3 is 10.6 Å². The van der Waals surface area contributed by atoms with Crippen molar-refractivity contribution in [2.45, 2.75) is 26.3 Å². The molecular weight excluding hydrogens is 124 g/mol. The zero-order chi connectivity index (χ0) is 7.82. The predicted molar refractivity (Wildman–Crippen MR) is 46.0 cm³/mol. The Labute approximate surface area is 63.7 Å². The van der Waals surface area contributed by atoms with Crippen molar-refractivity contribution in [3.8, 4) is 0 Å². The second-order valence-electron chi connectivity index (χ2n) is 2.43. The Kier molecular flexibility index (Phi) is 6.55. The van der Waals surface area contributed by atoms with Gasteiger partial charge in [-0.2, -0.15) is 0 Å². The van der Waals surface area contributed by atoms with E-state index in [1.807, 2.05) is 6.08 Å². The maximum atomic E-state index is 3.61. The quantitative estimate of drug-likeness (QED) is 0.330. The van der Waals surface area contributed by atoms with Gasteiger partial charge in [-0.25, -0.2) is 0 Å². The summed E-state index contributed by atoms with van der Waals surface area (Å²) in [6.07, 6.45) is 3.04. The minimum atomic E-state index is 0.609. The Morgan fingerprint density at radius 1 is 1.60 bits per heavy atom. The monoisotopic (exact) mass is 142 g/mol. The largest absolute Gasteiger partial charge is 0.302 e. The summed E-state index contributed by atoms with van der Waals surface area (Å²) < 4.78 is 0. The molecule has 60 valence electrons. The number of rotatable bonds is 6. The smallest absolute Gasteiger partial charge is 0.0458 e. The molecule has 0 aliphatic heterocycles. The molecule has 0 bridgehead atoms. The lowest BCUT2D eigenvalue weighted by molar-refractivity contribution is 0.504. The van der Waals surface area contributed by atoms with Crippen LogP contribution >= 0.6 is 0 Å². The first kappa shape index (κ1) is 9.66. The molecule has 0 aliphatic rings. The van der Waals surface area contributed by atoms with Crippen molar-refractivity contribution in [3.63, 3.8) is 0 Å². The molecule has 10 heavy (non-hydrogen) atoms. The van der Waals surface area contributed by atoms with E-state index in [2.05, 4.69) is 31.1 Å². The SMILES string of the molecule is C=CCNCNC(C)CC. The fraction of sp³-hybridized carbons (Fsp3) is 0.750. The molecule has 1 unspecified atom stereocenters. The highest BCUT2D eigenvalue weighted by molar-refractivity contribution is 4.69. The topological polar surface area (TPSA) is 24.1 Å². The molecule has 0 aromatic rings. The third kappa shape index (κ3) is 5.79. The Bertz CT molecular complexity index is 81.3. The van der Waals surface area contributed by atoms with Crippen LogP contribution < -0.4 is 10.6 Å². The fourth-order valence-corrected chi connectivity index (χ4v) is 0.565. The Morgan fingerprint density at radius 3 is 2.80 bits per heavy atom. The normalized spacial score (nSPS) is 13.0. The molecule has 0 aliphatic carbocycles. The third-order valence-corrected chi connectivity index (χ3v) is 1.48. The lowest BCUT2D eigenvalue weighted by Crippen LogP contribution is -2.34. The molecule has 0 aromatic carbocycles. The van der Waals surface area contributed by atoms with Crippen LogP contribution in [0, 0.1) is 0 Å². The Morgan fingerprint density at radius 2 is 2.30 bits per heavy atom.